The molecule has 2 aromatic carbocycles. The Labute approximate surface area is 225 Å². The minimum absolute atomic E-state index is 0.311. The number of rotatable bonds is 8. The van der Waals surface area contributed by atoms with Crippen molar-refractivity contribution in [1.82, 2.24) is 14.0 Å². The van der Waals surface area contributed by atoms with Crippen molar-refractivity contribution >= 4 is 34.9 Å². The Bertz CT molecular complexity index is 1460. The van der Waals surface area contributed by atoms with E-state index in [1.165, 1.54) is 22.6 Å². The van der Waals surface area contributed by atoms with Crippen molar-refractivity contribution in [3.8, 4) is 0 Å². The number of likely N-dealkylation sites (tertiary alicyclic amines) is 1. The number of fused-ring (bicyclic) bond motifs is 2. The van der Waals surface area contributed by atoms with Gasteiger partial charge in [-0.1, -0.05) is 23.9 Å². The highest BCUT2D eigenvalue weighted by Crippen LogP contribution is 2.48. The van der Waals surface area contributed by atoms with Gasteiger partial charge in [-0.3, -0.25) is 13.9 Å². The molecule has 5 rings (SSSR count). The van der Waals surface area contributed by atoms with Gasteiger partial charge >= 0.3 is 11.7 Å². The average Bonchev–Trinajstić information content (AvgIpc) is 2.93. The molecule has 200 valence electrons. The van der Waals surface area contributed by atoms with Crippen LogP contribution in [0.1, 0.15) is 29.6 Å². The molecule has 0 spiro atoms. The number of carbonyl (C=O) groups is 1. The third-order valence-corrected chi connectivity index (χ3v) is 8.63. The second-order valence-electron chi connectivity index (χ2n) is 10.0. The van der Waals surface area contributed by atoms with E-state index in [2.05, 4.69) is 27.2 Å². The maximum atomic E-state index is 12.1. The quantitative estimate of drug-likeness (QED) is 0.422. The first kappa shape index (κ1) is 26.1. The number of piperidine rings is 1. The first-order chi connectivity index (χ1) is 18.3. The summed E-state index contributed by atoms with van der Waals surface area (Å²) < 4.78 is 2.56. The summed E-state index contributed by atoms with van der Waals surface area (Å²) >= 11 is 1.70. The Morgan fingerprint density at radius 2 is 1.74 bits per heavy atom. The zero-order valence-electron chi connectivity index (χ0n) is 21.7. The lowest BCUT2D eigenvalue weighted by Crippen LogP contribution is -2.39. The number of anilines is 3. The number of carboxylic acid groups (broad SMARTS) is 1. The van der Waals surface area contributed by atoms with Crippen molar-refractivity contribution in [2.24, 2.45) is 20.0 Å². The molecule has 2 aliphatic heterocycles. The fraction of sp³-hybridized carbons (Fsp3) is 0.393. The number of hydrogen-bond donors (Lipinski definition) is 2. The Hall–Kier alpha value is -3.50. The maximum Gasteiger partial charge on any atom is 0.335 e. The molecule has 9 nitrogen and oxygen atoms in total. The second kappa shape index (κ2) is 11.1. The lowest BCUT2D eigenvalue weighted by molar-refractivity contribution is 0.0697. The highest BCUT2D eigenvalue weighted by Gasteiger charge is 2.28. The molecule has 0 amide bonds. The van der Waals surface area contributed by atoms with Gasteiger partial charge in [0.25, 0.3) is 5.56 Å². The lowest BCUT2D eigenvalue weighted by atomic mass is 9.95. The smallest absolute Gasteiger partial charge is 0.335 e. The lowest BCUT2D eigenvalue weighted by Gasteiger charge is -2.38. The van der Waals surface area contributed by atoms with E-state index in [9.17, 15) is 19.5 Å². The van der Waals surface area contributed by atoms with Gasteiger partial charge in [-0.25, -0.2) is 9.59 Å². The van der Waals surface area contributed by atoms with Crippen LogP contribution in [0.5, 0.6) is 0 Å². The highest BCUT2D eigenvalue weighted by molar-refractivity contribution is 7.99. The largest absolute Gasteiger partial charge is 0.478 e. The van der Waals surface area contributed by atoms with E-state index in [4.69, 9.17) is 0 Å². The molecule has 0 saturated carbocycles. The summed E-state index contributed by atoms with van der Waals surface area (Å²) in [6, 6.07) is 15.2. The number of nitrogens with zero attached hydrogens (tertiary/aromatic N) is 4. The Morgan fingerprint density at radius 1 is 1.00 bits per heavy atom. The van der Waals surface area contributed by atoms with Crippen molar-refractivity contribution in [1.29, 1.82) is 0 Å². The van der Waals surface area contributed by atoms with Gasteiger partial charge in [0.2, 0.25) is 0 Å². The van der Waals surface area contributed by atoms with Crippen LogP contribution < -0.4 is 21.5 Å². The van der Waals surface area contributed by atoms with Crippen molar-refractivity contribution in [3.63, 3.8) is 0 Å². The van der Waals surface area contributed by atoms with Gasteiger partial charge in [0.1, 0.15) is 5.82 Å². The molecular formula is C28H33N5O4S. The molecular weight excluding hydrogens is 502 g/mol. The van der Waals surface area contributed by atoms with Crippen molar-refractivity contribution in [2.45, 2.75) is 29.1 Å². The molecule has 1 saturated heterocycles. The van der Waals surface area contributed by atoms with Crippen LogP contribution in [0, 0.1) is 5.92 Å². The topological polar surface area (TPSA) is 99.8 Å². The van der Waals surface area contributed by atoms with E-state index in [1.54, 1.807) is 30.9 Å². The predicted octanol–water partition coefficient (Wildman–Crippen LogP) is 3.60. The third-order valence-electron chi connectivity index (χ3n) is 7.50. The van der Waals surface area contributed by atoms with E-state index < -0.39 is 5.97 Å². The van der Waals surface area contributed by atoms with Crippen LogP contribution in [0.25, 0.3) is 0 Å². The summed E-state index contributed by atoms with van der Waals surface area (Å²) in [5.41, 5.74) is 1.79. The van der Waals surface area contributed by atoms with Crippen LogP contribution in [0.4, 0.5) is 17.2 Å². The maximum absolute atomic E-state index is 12.1. The van der Waals surface area contributed by atoms with Crippen LogP contribution in [0.3, 0.4) is 0 Å². The highest BCUT2D eigenvalue weighted by atomic mass is 32.2. The second-order valence-corrected chi connectivity index (χ2v) is 11.1. The van der Waals surface area contributed by atoms with Gasteiger partial charge in [-0.05, 0) is 75.1 Å². The Balaban J connectivity index is 1.17. The SMILES string of the molecule is Cn1c(NCCCN2CCC(CN3c4ccccc4Sc4ccc(C(=O)O)cc43)CC2)cc(=O)n(C)c1=O. The molecule has 0 bridgehead atoms. The van der Waals surface area contributed by atoms with E-state index in [0.717, 1.165) is 66.3 Å². The molecule has 2 N–H and O–H groups in total. The first-order valence-electron chi connectivity index (χ1n) is 13.0. The summed E-state index contributed by atoms with van der Waals surface area (Å²) in [6.07, 6.45) is 3.07. The summed E-state index contributed by atoms with van der Waals surface area (Å²) in [5, 5.41) is 12.8. The molecule has 10 heteroatoms. The zero-order valence-corrected chi connectivity index (χ0v) is 22.5. The fourth-order valence-electron chi connectivity index (χ4n) is 5.23. The average molecular weight is 536 g/mol. The van der Waals surface area contributed by atoms with Crippen molar-refractivity contribution in [3.05, 3.63) is 74.9 Å². The summed E-state index contributed by atoms with van der Waals surface area (Å²) in [7, 11) is 3.14. The van der Waals surface area contributed by atoms with Gasteiger partial charge in [0.05, 0.1) is 16.9 Å². The van der Waals surface area contributed by atoms with E-state index in [-0.39, 0.29) is 11.2 Å². The summed E-state index contributed by atoms with van der Waals surface area (Å²) in [6.45, 7) is 4.53. The number of nitrogens with one attached hydrogen (secondary N) is 1. The molecule has 1 aromatic heterocycles. The number of para-hydroxylation sites is 1. The normalized spacial score (nSPS) is 15.7. The van der Waals surface area contributed by atoms with E-state index >= 15 is 0 Å². The molecule has 3 aromatic rings. The third kappa shape index (κ3) is 5.37. The molecule has 0 atom stereocenters. The van der Waals surface area contributed by atoms with E-state index in [0.29, 0.717) is 23.8 Å². The van der Waals surface area contributed by atoms with Crippen LogP contribution in [0.15, 0.2) is 67.9 Å². The van der Waals surface area contributed by atoms with Crippen LogP contribution in [-0.2, 0) is 14.1 Å². The van der Waals surface area contributed by atoms with Gasteiger partial charge in [-0.15, -0.1) is 0 Å². The van der Waals surface area contributed by atoms with Crippen LogP contribution in [-0.4, -0.2) is 57.8 Å². The number of aromatic carboxylic acids is 1. The minimum Gasteiger partial charge on any atom is -0.478 e. The summed E-state index contributed by atoms with van der Waals surface area (Å²) in [4.78, 5) is 42.7. The van der Waals surface area contributed by atoms with Crippen molar-refractivity contribution < 1.29 is 9.90 Å². The zero-order chi connectivity index (χ0) is 26.8. The molecule has 0 aliphatic carbocycles. The standard InChI is InChI=1S/C28H33N5O4S/c1-30-25(17-26(34)31(2)28(30)37)29-12-5-13-32-14-10-19(11-15-32)18-33-21-6-3-4-7-23(21)38-24-9-8-20(27(35)36)16-22(24)33/h3-4,6-9,16-17,19,29H,5,10-15,18H2,1-2H3,(H,35,36). The van der Waals surface area contributed by atoms with Crippen LogP contribution >= 0.6 is 11.8 Å². The van der Waals surface area contributed by atoms with Gasteiger partial charge in [-0.2, -0.15) is 0 Å². The molecule has 0 unspecified atom stereocenters. The van der Waals surface area contributed by atoms with E-state index in [1.807, 2.05) is 18.2 Å². The van der Waals surface area contributed by atoms with Gasteiger partial charge < -0.3 is 20.2 Å². The number of aromatic nitrogens is 2. The number of hydrogen-bond acceptors (Lipinski definition) is 7. The molecule has 0 radical (unpaired) electrons. The fourth-order valence-corrected chi connectivity index (χ4v) is 6.31. The van der Waals surface area contributed by atoms with Gasteiger partial charge in [0.15, 0.2) is 0 Å². The molecule has 3 heterocycles. The summed E-state index contributed by atoms with van der Waals surface area (Å²) in [5.74, 6) is 0.149. The monoisotopic (exact) mass is 535 g/mol. The Kier molecular flexibility index (Phi) is 7.62. The molecule has 38 heavy (non-hydrogen) atoms. The van der Waals surface area contributed by atoms with Crippen LogP contribution in [0.2, 0.25) is 0 Å². The van der Waals surface area contributed by atoms with Gasteiger partial charge in [0, 0.05) is 43.0 Å². The van der Waals surface area contributed by atoms with Crippen molar-refractivity contribution in [2.75, 3.05) is 42.9 Å². The number of carboxylic acids is 1. The molecule has 2 aliphatic rings. The number of benzene rings is 2. The predicted molar refractivity (Wildman–Crippen MR) is 150 cm³/mol. The first-order valence-corrected chi connectivity index (χ1v) is 13.8. The molecule has 1 fully saturated rings. The minimum atomic E-state index is -0.906. The Morgan fingerprint density at radius 3 is 2.50 bits per heavy atom.